The van der Waals surface area contributed by atoms with Crippen LogP contribution in [0.4, 0.5) is 0 Å². The van der Waals surface area contributed by atoms with Crippen LogP contribution in [0.5, 0.6) is 0 Å². The number of hydrogen-bond donors (Lipinski definition) is 1. The van der Waals surface area contributed by atoms with E-state index in [1.807, 2.05) is 7.05 Å². The highest BCUT2D eigenvalue weighted by Crippen LogP contribution is 2.15. The first-order valence-corrected chi connectivity index (χ1v) is 8.47. The average molecular weight is 323 g/mol. The van der Waals surface area contributed by atoms with Crippen LogP contribution >= 0.6 is 0 Å². The largest absolute Gasteiger partial charge is 0.353 e. The Labute approximate surface area is 138 Å². The Morgan fingerprint density at radius 1 is 1.48 bits per heavy atom. The molecule has 2 heterocycles. The van der Waals surface area contributed by atoms with Gasteiger partial charge in [0.2, 0.25) is 5.91 Å². The third-order valence-electron chi connectivity index (χ3n) is 4.61. The number of carbonyl (C=O) groups is 1. The molecule has 0 radical (unpaired) electrons. The fourth-order valence-corrected chi connectivity index (χ4v) is 2.83. The summed E-state index contributed by atoms with van der Waals surface area (Å²) in [6.45, 7) is 10.1. The molecule has 1 N–H and O–H groups in total. The van der Waals surface area contributed by atoms with Crippen molar-refractivity contribution >= 4 is 5.91 Å². The zero-order valence-corrected chi connectivity index (χ0v) is 14.7. The van der Waals surface area contributed by atoms with Gasteiger partial charge in [0.1, 0.15) is 6.54 Å². The number of amides is 1. The van der Waals surface area contributed by atoms with Gasteiger partial charge in [0.15, 0.2) is 5.82 Å². The summed E-state index contributed by atoms with van der Waals surface area (Å²) in [5, 5.41) is 14.7. The van der Waals surface area contributed by atoms with Crippen molar-refractivity contribution in [3.63, 3.8) is 0 Å². The Kier molecular flexibility index (Phi) is 6.47. The van der Waals surface area contributed by atoms with Gasteiger partial charge in [-0.15, -0.1) is 5.10 Å². The van der Waals surface area contributed by atoms with Crippen molar-refractivity contribution in [1.29, 1.82) is 0 Å². The third kappa shape index (κ3) is 4.97. The minimum Gasteiger partial charge on any atom is -0.353 e. The normalized spacial score (nSPS) is 19.0. The van der Waals surface area contributed by atoms with Gasteiger partial charge in [-0.1, -0.05) is 6.92 Å². The van der Waals surface area contributed by atoms with Gasteiger partial charge >= 0.3 is 0 Å². The van der Waals surface area contributed by atoms with Crippen molar-refractivity contribution in [2.24, 2.45) is 0 Å². The maximum absolute atomic E-state index is 12.2. The molecule has 1 aliphatic heterocycles. The molecule has 1 unspecified atom stereocenters. The lowest BCUT2D eigenvalue weighted by atomic mass is 10.2. The summed E-state index contributed by atoms with van der Waals surface area (Å²) in [7, 11) is 2.02. The van der Waals surface area contributed by atoms with E-state index >= 15 is 0 Å². The van der Waals surface area contributed by atoms with E-state index in [4.69, 9.17) is 0 Å². The van der Waals surface area contributed by atoms with Crippen LogP contribution < -0.4 is 5.32 Å². The molecule has 1 saturated heterocycles. The molecule has 1 fully saturated rings. The molecule has 1 atom stereocenters. The van der Waals surface area contributed by atoms with Gasteiger partial charge in [-0.2, -0.15) is 0 Å². The summed E-state index contributed by atoms with van der Waals surface area (Å²) in [4.78, 5) is 16.7. The minimum atomic E-state index is -0.0336. The molecule has 0 aromatic carbocycles. The number of hydrogen-bond acceptors (Lipinski definition) is 6. The Morgan fingerprint density at radius 2 is 2.26 bits per heavy atom. The van der Waals surface area contributed by atoms with Crippen LogP contribution in [0.3, 0.4) is 0 Å². The van der Waals surface area contributed by atoms with Crippen molar-refractivity contribution in [2.45, 2.75) is 58.8 Å². The lowest BCUT2D eigenvalue weighted by molar-refractivity contribution is -0.122. The number of aromatic nitrogens is 4. The predicted molar refractivity (Wildman–Crippen MR) is 87.7 cm³/mol. The zero-order chi connectivity index (χ0) is 16.8. The number of nitrogens with zero attached hydrogens (tertiary/aromatic N) is 6. The molecular formula is C15H29N7O. The SMILES string of the molecule is CCN1CCCC1CNC(=O)Cn1nnnc1CN(C)C(C)C. The van der Waals surface area contributed by atoms with E-state index < -0.39 is 0 Å². The van der Waals surface area contributed by atoms with Crippen molar-refractivity contribution in [1.82, 2.24) is 35.3 Å². The van der Waals surface area contributed by atoms with Crippen molar-refractivity contribution < 1.29 is 4.79 Å². The van der Waals surface area contributed by atoms with Gasteiger partial charge in [-0.05, 0) is 57.3 Å². The first kappa shape index (κ1) is 17.8. The second kappa shape index (κ2) is 8.35. The smallest absolute Gasteiger partial charge is 0.241 e. The quantitative estimate of drug-likeness (QED) is 0.732. The minimum absolute atomic E-state index is 0.0336. The highest BCUT2D eigenvalue weighted by molar-refractivity contribution is 5.75. The molecule has 1 aromatic rings. The lowest BCUT2D eigenvalue weighted by Crippen LogP contribution is -2.41. The third-order valence-corrected chi connectivity index (χ3v) is 4.61. The van der Waals surface area contributed by atoms with Gasteiger partial charge < -0.3 is 5.32 Å². The monoisotopic (exact) mass is 323 g/mol. The van der Waals surface area contributed by atoms with Crippen LogP contribution in [0.1, 0.15) is 39.4 Å². The topological polar surface area (TPSA) is 79.2 Å². The maximum atomic E-state index is 12.2. The summed E-state index contributed by atoms with van der Waals surface area (Å²) in [5.41, 5.74) is 0. The standard InChI is InChI=1S/C15H29N7O/c1-5-21-8-6-7-13(21)9-16-15(23)11-22-14(17-18-19-22)10-20(4)12(2)3/h12-13H,5-11H2,1-4H3,(H,16,23). The molecule has 0 saturated carbocycles. The molecule has 1 aromatic heterocycles. The van der Waals surface area contributed by atoms with Crippen molar-refractivity contribution in [3.8, 4) is 0 Å². The van der Waals surface area contributed by atoms with E-state index in [0.717, 1.165) is 19.5 Å². The second-order valence-electron chi connectivity index (χ2n) is 6.49. The molecular weight excluding hydrogens is 294 g/mol. The second-order valence-corrected chi connectivity index (χ2v) is 6.49. The average Bonchev–Trinajstić information content (AvgIpc) is 3.14. The fourth-order valence-electron chi connectivity index (χ4n) is 2.83. The summed E-state index contributed by atoms with van der Waals surface area (Å²) in [5.74, 6) is 0.682. The van der Waals surface area contributed by atoms with E-state index in [-0.39, 0.29) is 12.5 Å². The highest BCUT2D eigenvalue weighted by atomic mass is 16.2. The maximum Gasteiger partial charge on any atom is 0.241 e. The number of rotatable bonds is 8. The van der Waals surface area contributed by atoms with Gasteiger partial charge in [-0.25, -0.2) is 4.68 Å². The van der Waals surface area contributed by atoms with Crippen LogP contribution in [0.25, 0.3) is 0 Å². The molecule has 8 heteroatoms. The molecule has 23 heavy (non-hydrogen) atoms. The highest BCUT2D eigenvalue weighted by Gasteiger charge is 2.23. The summed E-state index contributed by atoms with van der Waals surface area (Å²) >= 11 is 0. The molecule has 130 valence electrons. The predicted octanol–water partition coefficient (Wildman–Crippen LogP) is 0.114. The molecule has 2 rings (SSSR count). The van der Waals surface area contributed by atoms with E-state index in [2.05, 4.69) is 51.4 Å². The zero-order valence-electron chi connectivity index (χ0n) is 14.7. The molecule has 0 bridgehead atoms. The number of nitrogens with one attached hydrogen (secondary N) is 1. The van der Waals surface area contributed by atoms with Crippen LogP contribution in [0, 0.1) is 0 Å². The first-order chi connectivity index (χ1) is 11.0. The van der Waals surface area contributed by atoms with E-state index in [9.17, 15) is 4.79 Å². The van der Waals surface area contributed by atoms with E-state index in [1.165, 1.54) is 6.42 Å². The first-order valence-electron chi connectivity index (χ1n) is 8.47. The number of likely N-dealkylation sites (N-methyl/N-ethyl adjacent to an activating group) is 1. The Bertz CT molecular complexity index is 502. The molecule has 0 spiro atoms. The van der Waals surface area contributed by atoms with E-state index in [1.54, 1.807) is 4.68 Å². The summed E-state index contributed by atoms with van der Waals surface area (Å²) in [6.07, 6.45) is 2.37. The Morgan fingerprint density at radius 3 is 2.96 bits per heavy atom. The van der Waals surface area contributed by atoms with Crippen LogP contribution in [-0.4, -0.2) is 74.7 Å². The molecule has 0 aliphatic carbocycles. The lowest BCUT2D eigenvalue weighted by Gasteiger charge is -2.23. The van der Waals surface area contributed by atoms with Crippen molar-refractivity contribution in [3.05, 3.63) is 5.82 Å². The van der Waals surface area contributed by atoms with Crippen molar-refractivity contribution in [2.75, 3.05) is 26.7 Å². The molecule has 8 nitrogen and oxygen atoms in total. The van der Waals surface area contributed by atoms with E-state index in [0.29, 0.717) is 31.0 Å². The Hall–Kier alpha value is -1.54. The van der Waals surface area contributed by atoms with Gasteiger partial charge in [-0.3, -0.25) is 14.6 Å². The van der Waals surface area contributed by atoms with Crippen LogP contribution in [0.15, 0.2) is 0 Å². The van der Waals surface area contributed by atoms with Gasteiger partial charge in [0.05, 0.1) is 6.54 Å². The fraction of sp³-hybridized carbons (Fsp3) is 0.867. The Balaban J connectivity index is 1.82. The summed E-state index contributed by atoms with van der Waals surface area (Å²) in [6, 6.07) is 0.862. The van der Waals surface area contributed by atoms with Gasteiger partial charge in [0, 0.05) is 18.6 Å². The van der Waals surface area contributed by atoms with Gasteiger partial charge in [0.25, 0.3) is 0 Å². The van der Waals surface area contributed by atoms with Crippen LogP contribution in [-0.2, 0) is 17.9 Å². The molecule has 1 amide bonds. The number of carbonyl (C=O) groups excluding carboxylic acids is 1. The number of tetrazole rings is 1. The molecule has 1 aliphatic rings. The number of likely N-dealkylation sites (tertiary alicyclic amines) is 1. The summed E-state index contributed by atoms with van der Waals surface area (Å²) < 4.78 is 1.58. The van der Waals surface area contributed by atoms with Crippen LogP contribution in [0.2, 0.25) is 0 Å².